The zero-order valence-electron chi connectivity index (χ0n) is 11.3. The Kier molecular flexibility index (Phi) is 4.55. The van der Waals surface area contributed by atoms with E-state index in [2.05, 4.69) is 29.8 Å². The van der Waals surface area contributed by atoms with Crippen molar-refractivity contribution >= 4 is 5.69 Å². The number of nitrogens with two attached hydrogens (primary N) is 1. The van der Waals surface area contributed by atoms with E-state index in [0.29, 0.717) is 0 Å². The van der Waals surface area contributed by atoms with Crippen molar-refractivity contribution in [2.45, 2.75) is 38.8 Å². The Bertz CT molecular complexity index is 366. The SMILES string of the molecule is CC[C@H](N)c1ccc(N2CCCOC(C)C2)cn1. The topological polar surface area (TPSA) is 51.4 Å². The third kappa shape index (κ3) is 3.21. The summed E-state index contributed by atoms with van der Waals surface area (Å²) in [6.07, 6.45) is 4.20. The molecule has 0 aromatic carbocycles. The molecule has 0 saturated carbocycles. The maximum absolute atomic E-state index is 5.97. The number of ether oxygens (including phenoxy) is 1. The molecule has 2 atom stereocenters. The van der Waals surface area contributed by atoms with E-state index in [1.807, 2.05) is 12.3 Å². The summed E-state index contributed by atoms with van der Waals surface area (Å²) in [6, 6.07) is 4.21. The van der Waals surface area contributed by atoms with Gasteiger partial charge in [-0.3, -0.25) is 4.98 Å². The lowest BCUT2D eigenvalue weighted by Crippen LogP contribution is -2.30. The minimum atomic E-state index is 0.0467. The van der Waals surface area contributed by atoms with Crippen LogP contribution in [0.15, 0.2) is 18.3 Å². The van der Waals surface area contributed by atoms with Crippen LogP contribution in [0.4, 0.5) is 5.69 Å². The van der Waals surface area contributed by atoms with Gasteiger partial charge in [-0.25, -0.2) is 0 Å². The van der Waals surface area contributed by atoms with Crippen LogP contribution in [-0.2, 0) is 4.74 Å². The van der Waals surface area contributed by atoms with Crippen LogP contribution in [0.3, 0.4) is 0 Å². The number of rotatable bonds is 3. The van der Waals surface area contributed by atoms with E-state index < -0.39 is 0 Å². The monoisotopic (exact) mass is 249 g/mol. The van der Waals surface area contributed by atoms with Crippen molar-refractivity contribution in [2.75, 3.05) is 24.6 Å². The Morgan fingerprint density at radius 1 is 1.56 bits per heavy atom. The average molecular weight is 249 g/mol. The minimum absolute atomic E-state index is 0.0467. The van der Waals surface area contributed by atoms with Crippen molar-refractivity contribution in [3.63, 3.8) is 0 Å². The fourth-order valence-electron chi connectivity index (χ4n) is 2.24. The summed E-state index contributed by atoms with van der Waals surface area (Å²) in [5, 5.41) is 0. The average Bonchev–Trinajstić information content (AvgIpc) is 2.63. The zero-order valence-corrected chi connectivity index (χ0v) is 11.3. The van der Waals surface area contributed by atoms with Crippen molar-refractivity contribution in [2.24, 2.45) is 5.73 Å². The first kappa shape index (κ1) is 13.3. The van der Waals surface area contributed by atoms with Crippen molar-refractivity contribution in [1.82, 2.24) is 4.98 Å². The van der Waals surface area contributed by atoms with Crippen LogP contribution in [0.5, 0.6) is 0 Å². The van der Waals surface area contributed by atoms with Gasteiger partial charge < -0.3 is 15.4 Å². The summed E-state index contributed by atoms with van der Waals surface area (Å²) in [5.41, 5.74) is 8.11. The van der Waals surface area contributed by atoms with Gasteiger partial charge in [0.2, 0.25) is 0 Å². The molecular formula is C14H23N3O. The number of hydrogen-bond donors (Lipinski definition) is 1. The molecule has 0 spiro atoms. The summed E-state index contributed by atoms with van der Waals surface area (Å²) in [7, 11) is 0. The van der Waals surface area contributed by atoms with E-state index >= 15 is 0 Å². The quantitative estimate of drug-likeness (QED) is 0.891. The van der Waals surface area contributed by atoms with Crippen LogP contribution in [0.2, 0.25) is 0 Å². The number of nitrogens with zero attached hydrogens (tertiary/aromatic N) is 2. The van der Waals surface area contributed by atoms with Gasteiger partial charge in [-0.2, -0.15) is 0 Å². The smallest absolute Gasteiger partial charge is 0.0721 e. The van der Waals surface area contributed by atoms with Gasteiger partial charge in [-0.1, -0.05) is 6.92 Å². The van der Waals surface area contributed by atoms with Crippen molar-refractivity contribution in [3.8, 4) is 0 Å². The Morgan fingerprint density at radius 3 is 3.06 bits per heavy atom. The molecule has 0 aliphatic carbocycles. The number of aromatic nitrogens is 1. The highest BCUT2D eigenvalue weighted by atomic mass is 16.5. The van der Waals surface area contributed by atoms with Crippen LogP contribution in [0.1, 0.15) is 38.4 Å². The lowest BCUT2D eigenvalue weighted by atomic mass is 10.1. The Morgan fingerprint density at radius 2 is 2.39 bits per heavy atom. The zero-order chi connectivity index (χ0) is 13.0. The standard InChI is InChI=1S/C14H23N3O/c1-3-13(15)14-6-5-12(9-16-14)17-7-4-8-18-11(2)10-17/h5-6,9,11,13H,3-4,7-8,10,15H2,1-2H3/t11?,13-/m0/s1. The lowest BCUT2D eigenvalue weighted by molar-refractivity contribution is 0.0821. The molecule has 18 heavy (non-hydrogen) atoms. The van der Waals surface area contributed by atoms with Crippen molar-refractivity contribution in [3.05, 3.63) is 24.0 Å². The second-order valence-corrected chi connectivity index (χ2v) is 4.94. The Hall–Kier alpha value is -1.13. The lowest BCUT2D eigenvalue weighted by Gasteiger charge is -2.24. The number of hydrogen-bond acceptors (Lipinski definition) is 4. The first-order chi connectivity index (χ1) is 8.70. The normalized spacial score (nSPS) is 22.6. The molecule has 0 bridgehead atoms. The summed E-state index contributed by atoms with van der Waals surface area (Å²) >= 11 is 0. The first-order valence-electron chi connectivity index (χ1n) is 6.78. The van der Waals surface area contributed by atoms with Gasteiger partial charge in [-0.05, 0) is 31.9 Å². The van der Waals surface area contributed by atoms with Gasteiger partial charge in [-0.15, -0.1) is 0 Å². The van der Waals surface area contributed by atoms with E-state index in [-0.39, 0.29) is 12.1 Å². The maximum Gasteiger partial charge on any atom is 0.0721 e. The highest BCUT2D eigenvalue weighted by Crippen LogP contribution is 2.19. The Labute approximate surface area is 109 Å². The third-order valence-electron chi connectivity index (χ3n) is 3.41. The van der Waals surface area contributed by atoms with E-state index in [1.165, 1.54) is 5.69 Å². The molecule has 1 aromatic rings. The third-order valence-corrected chi connectivity index (χ3v) is 3.41. The van der Waals surface area contributed by atoms with Gasteiger partial charge in [0.15, 0.2) is 0 Å². The number of pyridine rings is 1. The number of anilines is 1. The molecule has 1 aliphatic rings. The van der Waals surface area contributed by atoms with Gasteiger partial charge in [0.25, 0.3) is 0 Å². The summed E-state index contributed by atoms with van der Waals surface area (Å²) in [5.74, 6) is 0. The van der Waals surface area contributed by atoms with Crippen molar-refractivity contribution < 1.29 is 4.74 Å². The van der Waals surface area contributed by atoms with Gasteiger partial charge in [0.05, 0.1) is 23.7 Å². The summed E-state index contributed by atoms with van der Waals surface area (Å²) in [4.78, 5) is 6.81. The van der Waals surface area contributed by atoms with E-state index in [0.717, 1.165) is 38.2 Å². The van der Waals surface area contributed by atoms with Crippen LogP contribution < -0.4 is 10.6 Å². The van der Waals surface area contributed by atoms with Gasteiger partial charge in [0, 0.05) is 25.7 Å². The molecular weight excluding hydrogens is 226 g/mol. The van der Waals surface area contributed by atoms with Crippen molar-refractivity contribution in [1.29, 1.82) is 0 Å². The summed E-state index contributed by atoms with van der Waals surface area (Å²) in [6.45, 7) is 7.01. The second kappa shape index (κ2) is 6.16. The molecule has 4 heteroatoms. The van der Waals surface area contributed by atoms with Gasteiger partial charge in [0.1, 0.15) is 0 Å². The summed E-state index contributed by atoms with van der Waals surface area (Å²) < 4.78 is 5.65. The van der Waals surface area contributed by atoms with Gasteiger partial charge >= 0.3 is 0 Å². The molecule has 1 saturated heterocycles. The molecule has 0 amide bonds. The molecule has 100 valence electrons. The van der Waals surface area contributed by atoms with Crippen LogP contribution in [0.25, 0.3) is 0 Å². The van der Waals surface area contributed by atoms with Crippen LogP contribution in [-0.4, -0.2) is 30.8 Å². The minimum Gasteiger partial charge on any atom is -0.377 e. The second-order valence-electron chi connectivity index (χ2n) is 4.94. The highest BCUT2D eigenvalue weighted by Gasteiger charge is 2.16. The molecule has 2 rings (SSSR count). The molecule has 1 aromatic heterocycles. The Balaban J connectivity index is 2.08. The van der Waals surface area contributed by atoms with Crippen LogP contribution in [0, 0.1) is 0 Å². The fraction of sp³-hybridized carbons (Fsp3) is 0.643. The van der Waals surface area contributed by atoms with E-state index in [9.17, 15) is 0 Å². The predicted molar refractivity (Wildman–Crippen MR) is 73.7 cm³/mol. The highest BCUT2D eigenvalue weighted by molar-refractivity contribution is 5.45. The molecule has 2 N–H and O–H groups in total. The first-order valence-corrected chi connectivity index (χ1v) is 6.78. The molecule has 4 nitrogen and oxygen atoms in total. The van der Waals surface area contributed by atoms with E-state index in [1.54, 1.807) is 0 Å². The maximum atomic E-state index is 5.97. The molecule has 2 heterocycles. The predicted octanol–water partition coefficient (Wildman–Crippen LogP) is 2.11. The fourth-order valence-corrected chi connectivity index (χ4v) is 2.24. The molecule has 1 unspecified atom stereocenters. The largest absolute Gasteiger partial charge is 0.377 e. The molecule has 0 radical (unpaired) electrons. The van der Waals surface area contributed by atoms with Crippen LogP contribution >= 0.6 is 0 Å². The molecule has 1 aliphatic heterocycles. The molecule has 1 fully saturated rings. The van der Waals surface area contributed by atoms with E-state index in [4.69, 9.17) is 10.5 Å².